The number of hydrogen-bond acceptors (Lipinski definition) is 1. The molecule has 0 atom stereocenters. The maximum absolute atomic E-state index is 11.3. The predicted molar refractivity (Wildman–Crippen MR) is 64.1 cm³/mol. The lowest BCUT2D eigenvalue weighted by atomic mass is 10.2. The van der Waals surface area contributed by atoms with Gasteiger partial charge in [-0.15, -0.1) is 0 Å². The van der Waals surface area contributed by atoms with Crippen LogP contribution in [0.1, 0.15) is 18.4 Å². The summed E-state index contributed by atoms with van der Waals surface area (Å²) in [6.45, 7) is 0.853. The van der Waals surface area contributed by atoms with Gasteiger partial charge in [-0.2, -0.15) is 0 Å². The fraction of sp³-hybridized carbons (Fsp3) is 0.250. The highest BCUT2D eigenvalue weighted by Crippen LogP contribution is 2.14. The van der Waals surface area contributed by atoms with Gasteiger partial charge in [-0.25, -0.2) is 0 Å². The Balaban J connectivity index is 2.04. The van der Waals surface area contributed by atoms with Gasteiger partial charge < -0.3 is 4.90 Å². The molecule has 0 bridgehead atoms. The van der Waals surface area contributed by atoms with Crippen LogP contribution in [0.5, 0.6) is 0 Å². The number of carbonyl (C=O) groups excluding carboxylic acids is 1. The Kier molecular flexibility index (Phi) is 3.21. The molecule has 1 saturated heterocycles. The lowest BCUT2D eigenvalue weighted by Crippen LogP contribution is -2.16. The Morgan fingerprint density at radius 3 is 2.60 bits per heavy atom. The normalized spacial score (nSPS) is 16.6. The molecule has 1 aliphatic rings. The van der Waals surface area contributed by atoms with Crippen molar-refractivity contribution in [2.75, 3.05) is 6.54 Å². The minimum Gasteiger partial charge on any atom is -0.319 e. The molecule has 0 aliphatic carbocycles. The van der Waals surface area contributed by atoms with Crippen LogP contribution in [-0.2, 0) is 4.79 Å². The molecule has 2 rings (SSSR count). The molecular weight excluding hydrogens is 254 g/mol. The number of nitrogens with zero attached hydrogens (tertiary/aromatic N) is 1. The van der Waals surface area contributed by atoms with Crippen LogP contribution in [0.2, 0.25) is 0 Å². The summed E-state index contributed by atoms with van der Waals surface area (Å²) in [4.78, 5) is 13.1. The van der Waals surface area contributed by atoms with Gasteiger partial charge >= 0.3 is 0 Å². The smallest absolute Gasteiger partial charge is 0.226 e. The van der Waals surface area contributed by atoms with Gasteiger partial charge in [-0.1, -0.05) is 28.1 Å². The first-order chi connectivity index (χ1) is 7.25. The second-order valence-electron chi connectivity index (χ2n) is 3.56. The molecule has 15 heavy (non-hydrogen) atoms. The Labute approximate surface area is 97.7 Å². The van der Waals surface area contributed by atoms with E-state index in [0.717, 1.165) is 23.0 Å². The van der Waals surface area contributed by atoms with E-state index >= 15 is 0 Å². The van der Waals surface area contributed by atoms with Crippen molar-refractivity contribution in [3.63, 3.8) is 0 Å². The summed E-state index contributed by atoms with van der Waals surface area (Å²) < 4.78 is 1.07. The molecule has 0 unspecified atom stereocenters. The number of amides is 1. The van der Waals surface area contributed by atoms with Crippen LogP contribution in [0, 0.1) is 0 Å². The lowest BCUT2D eigenvalue weighted by molar-refractivity contribution is -0.125. The molecule has 0 aromatic heterocycles. The van der Waals surface area contributed by atoms with Crippen LogP contribution in [0.4, 0.5) is 0 Å². The zero-order valence-electron chi connectivity index (χ0n) is 8.32. The molecule has 78 valence electrons. The molecule has 0 spiro atoms. The molecule has 0 radical (unpaired) electrons. The zero-order valence-corrected chi connectivity index (χ0v) is 9.90. The molecular formula is C12H12BrNO. The van der Waals surface area contributed by atoms with Crippen molar-refractivity contribution >= 4 is 27.9 Å². The summed E-state index contributed by atoms with van der Waals surface area (Å²) in [7, 11) is 0. The van der Waals surface area contributed by atoms with Gasteiger partial charge in [-0.05, 0) is 30.2 Å². The molecule has 3 heteroatoms. The minimum absolute atomic E-state index is 0.225. The van der Waals surface area contributed by atoms with Gasteiger partial charge in [0.05, 0.1) is 0 Å². The summed E-state index contributed by atoms with van der Waals surface area (Å²) in [6, 6.07) is 8.01. The standard InChI is InChI=1S/C12H12BrNO/c13-11-5-3-10(4-6-11)7-9-14-8-1-2-12(14)15/h3-7,9H,1-2,8H2/b9-7+. The topological polar surface area (TPSA) is 20.3 Å². The fourth-order valence-electron chi connectivity index (χ4n) is 1.58. The van der Waals surface area contributed by atoms with E-state index in [1.54, 1.807) is 4.90 Å². The van der Waals surface area contributed by atoms with E-state index in [2.05, 4.69) is 15.9 Å². The first-order valence-electron chi connectivity index (χ1n) is 4.99. The third-order valence-electron chi connectivity index (χ3n) is 2.43. The Morgan fingerprint density at radius 1 is 1.27 bits per heavy atom. The third-order valence-corrected chi connectivity index (χ3v) is 2.96. The summed E-state index contributed by atoms with van der Waals surface area (Å²) in [5.41, 5.74) is 1.11. The van der Waals surface area contributed by atoms with E-state index < -0.39 is 0 Å². The highest BCUT2D eigenvalue weighted by Gasteiger charge is 2.16. The molecule has 1 heterocycles. The molecule has 2 nitrogen and oxygen atoms in total. The number of hydrogen-bond donors (Lipinski definition) is 0. The Bertz CT molecular complexity index is 383. The molecule has 0 N–H and O–H groups in total. The summed E-state index contributed by atoms with van der Waals surface area (Å²) in [5.74, 6) is 0.225. The SMILES string of the molecule is O=C1CCCN1/C=C/c1ccc(Br)cc1. The fourth-order valence-corrected chi connectivity index (χ4v) is 1.84. The van der Waals surface area contributed by atoms with Gasteiger partial charge in [0, 0.05) is 23.6 Å². The quantitative estimate of drug-likeness (QED) is 0.805. The highest BCUT2D eigenvalue weighted by atomic mass is 79.9. The monoisotopic (exact) mass is 265 g/mol. The van der Waals surface area contributed by atoms with Crippen molar-refractivity contribution < 1.29 is 4.79 Å². The van der Waals surface area contributed by atoms with Crippen LogP contribution >= 0.6 is 15.9 Å². The molecule has 1 amide bonds. The average molecular weight is 266 g/mol. The number of rotatable bonds is 2. The van der Waals surface area contributed by atoms with Gasteiger partial charge in [-0.3, -0.25) is 4.79 Å². The van der Waals surface area contributed by atoms with Crippen LogP contribution in [0.25, 0.3) is 6.08 Å². The second-order valence-corrected chi connectivity index (χ2v) is 4.47. The molecule has 0 saturated carbocycles. The first kappa shape index (κ1) is 10.4. The van der Waals surface area contributed by atoms with E-state index in [1.807, 2.05) is 36.5 Å². The largest absolute Gasteiger partial charge is 0.319 e. The van der Waals surface area contributed by atoms with E-state index in [9.17, 15) is 4.79 Å². The maximum Gasteiger partial charge on any atom is 0.226 e. The van der Waals surface area contributed by atoms with Gasteiger partial charge in [0.15, 0.2) is 0 Å². The summed E-state index contributed by atoms with van der Waals surface area (Å²) in [5, 5.41) is 0. The van der Waals surface area contributed by atoms with Gasteiger partial charge in [0.25, 0.3) is 0 Å². The van der Waals surface area contributed by atoms with Gasteiger partial charge in [0.2, 0.25) is 5.91 Å². The molecule has 1 aromatic carbocycles. The lowest BCUT2D eigenvalue weighted by Gasteiger charge is -2.07. The van der Waals surface area contributed by atoms with Gasteiger partial charge in [0.1, 0.15) is 0 Å². The first-order valence-corrected chi connectivity index (χ1v) is 5.78. The average Bonchev–Trinajstić information content (AvgIpc) is 2.63. The summed E-state index contributed by atoms with van der Waals surface area (Å²) in [6.07, 6.45) is 5.50. The molecule has 1 fully saturated rings. The van der Waals surface area contributed by atoms with E-state index in [1.165, 1.54) is 0 Å². The Morgan fingerprint density at radius 2 is 2.00 bits per heavy atom. The van der Waals surface area contributed by atoms with E-state index in [0.29, 0.717) is 6.42 Å². The number of likely N-dealkylation sites (tertiary alicyclic amines) is 1. The highest BCUT2D eigenvalue weighted by molar-refractivity contribution is 9.10. The molecule has 1 aromatic rings. The van der Waals surface area contributed by atoms with Crippen LogP contribution < -0.4 is 0 Å². The van der Waals surface area contributed by atoms with Crippen molar-refractivity contribution in [1.29, 1.82) is 0 Å². The third kappa shape index (κ3) is 2.69. The van der Waals surface area contributed by atoms with Crippen molar-refractivity contribution in [3.05, 3.63) is 40.5 Å². The zero-order chi connectivity index (χ0) is 10.7. The number of carbonyl (C=O) groups is 1. The number of benzene rings is 1. The van der Waals surface area contributed by atoms with E-state index in [4.69, 9.17) is 0 Å². The number of halogens is 1. The van der Waals surface area contributed by atoms with E-state index in [-0.39, 0.29) is 5.91 Å². The Hall–Kier alpha value is -1.09. The van der Waals surface area contributed by atoms with Crippen LogP contribution in [0.3, 0.4) is 0 Å². The maximum atomic E-state index is 11.3. The van der Waals surface area contributed by atoms with Crippen LogP contribution in [-0.4, -0.2) is 17.4 Å². The molecule has 1 aliphatic heterocycles. The van der Waals surface area contributed by atoms with Crippen LogP contribution in [0.15, 0.2) is 34.9 Å². The predicted octanol–water partition coefficient (Wildman–Crippen LogP) is 3.04. The van der Waals surface area contributed by atoms with Crippen molar-refractivity contribution in [1.82, 2.24) is 4.90 Å². The summed E-state index contributed by atoms with van der Waals surface area (Å²) >= 11 is 3.38. The minimum atomic E-state index is 0.225. The van der Waals surface area contributed by atoms with Crippen molar-refractivity contribution in [3.8, 4) is 0 Å². The van der Waals surface area contributed by atoms with Crippen molar-refractivity contribution in [2.45, 2.75) is 12.8 Å². The van der Waals surface area contributed by atoms with Crippen molar-refractivity contribution in [2.24, 2.45) is 0 Å². The second kappa shape index (κ2) is 4.62.